The molecule has 6 heteroatoms. The Hall–Kier alpha value is 0. The van der Waals surface area contributed by atoms with Crippen molar-refractivity contribution < 1.29 is 22.6 Å². The number of alkyl halides is 4. The van der Waals surface area contributed by atoms with Crippen molar-refractivity contribution in [2.45, 2.75) is 57.1 Å². The third-order valence-corrected chi connectivity index (χ3v) is 4.43. The number of hydrogen-bond donors (Lipinski definition) is 0. The third-order valence-electron chi connectivity index (χ3n) is 4.28. The Kier molecular flexibility index (Phi) is 5.01. The summed E-state index contributed by atoms with van der Waals surface area (Å²) >= 11 is 5.51. The molecule has 2 aliphatic carbocycles. The van der Waals surface area contributed by atoms with Gasteiger partial charge in [0, 0.05) is 18.7 Å². The van der Waals surface area contributed by atoms with Crippen molar-refractivity contribution in [3.63, 3.8) is 0 Å². The predicted molar refractivity (Wildman–Crippen MR) is 65.8 cm³/mol. The van der Waals surface area contributed by atoms with E-state index in [4.69, 9.17) is 16.3 Å². The van der Waals surface area contributed by atoms with Crippen LogP contribution in [0, 0.1) is 11.8 Å². The molecular weight excluding hydrogens is 281 g/mol. The van der Waals surface area contributed by atoms with E-state index in [0.29, 0.717) is 24.7 Å². The number of rotatable bonds is 5. The zero-order valence-corrected chi connectivity index (χ0v) is 11.6. The summed E-state index contributed by atoms with van der Waals surface area (Å²) in [5, 5.41) is 0. The zero-order valence-electron chi connectivity index (χ0n) is 10.8. The second-order valence-corrected chi connectivity index (χ2v) is 5.92. The zero-order chi connectivity index (χ0) is 13.9. The molecule has 0 saturated heterocycles. The molecular formula is C13H20ClF3O2. The minimum atomic E-state index is -4.66. The Morgan fingerprint density at radius 1 is 1.11 bits per heavy atom. The summed E-state index contributed by atoms with van der Waals surface area (Å²) in [7, 11) is 0. The first kappa shape index (κ1) is 15.4. The van der Waals surface area contributed by atoms with Gasteiger partial charge in [0.1, 0.15) is 0 Å². The van der Waals surface area contributed by atoms with Gasteiger partial charge in [-0.1, -0.05) is 25.7 Å². The van der Waals surface area contributed by atoms with E-state index in [1.165, 1.54) is 12.8 Å². The molecule has 2 atom stereocenters. The fraction of sp³-hybridized carbons (Fsp3) is 1.00. The van der Waals surface area contributed by atoms with E-state index in [0.717, 1.165) is 19.3 Å². The average Bonchev–Trinajstić information content (AvgIpc) is 2.93. The Balaban J connectivity index is 1.98. The molecule has 0 N–H and O–H groups in total. The number of ether oxygens (including phenoxy) is 2. The lowest BCUT2D eigenvalue weighted by molar-refractivity contribution is -0.415. The van der Waals surface area contributed by atoms with Crippen LogP contribution in [0.3, 0.4) is 0 Å². The minimum Gasteiger partial charge on any atom is -0.348 e. The standard InChI is InChI=1S/C13H20ClF3O2/c14-7-8-18-12(19-13(15,16)17)6-5-11(9-12)10-3-1-2-4-10/h10-11H,1-9H2. The molecule has 2 aliphatic rings. The van der Waals surface area contributed by atoms with Gasteiger partial charge < -0.3 is 4.74 Å². The van der Waals surface area contributed by atoms with Crippen molar-refractivity contribution in [1.82, 2.24) is 0 Å². The quantitative estimate of drug-likeness (QED) is 0.551. The Morgan fingerprint density at radius 3 is 2.37 bits per heavy atom. The van der Waals surface area contributed by atoms with E-state index in [1.807, 2.05) is 0 Å². The van der Waals surface area contributed by atoms with Gasteiger partial charge in [0.05, 0.1) is 6.61 Å². The topological polar surface area (TPSA) is 18.5 Å². The van der Waals surface area contributed by atoms with Gasteiger partial charge in [-0.25, -0.2) is 0 Å². The van der Waals surface area contributed by atoms with Crippen LogP contribution in [0.25, 0.3) is 0 Å². The van der Waals surface area contributed by atoms with Crippen LogP contribution >= 0.6 is 11.6 Å². The van der Waals surface area contributed by atoms with Crippen LogP contribution in [0.2, 0.25) is 0 Å². The van der Waals surface area contributed by atoms with Crippen LogP contribution in [0.1, 0.15) is 44.9 Å². The number of halogens is 4. The summed E-state index contributed by atoms with van der Waals surface area (Å²) in [5.41, 5.74) is 0. The smallest absolute Gasteiger partial charge is 0.348 e. The lowest BCUT2D eigenvalue weighted by Gasteiger charge is -2.31. The first-order valence-corrected chi connectivity index (χ1v) is 7.44. The van der Waals surface area contributed by atoms with E-state index in [-0.39, 0.29) is 12.5 Å². The van der Waals surface area contributed by atoms with E-state index >= 15 is 0 Å². The van der Waals surface area contributed by atoms with Crippen LogP contribution in [-0.2, 0) is 9.47 Å². The summed E-state index contributed by atoms with van der Waals surface area (Å²) in [6.45, 7) is 0.0923. The highest BCUT2D eigenvalue weighted by molar-refractivity contribution is 6.17. The maximum Gasteiger partial charge on any atom is 0.524 e. The monoisotopic (exact) mass is 300 g/mol. The van der Waals surface area contributed by atoms with Crippen LogP contribution < -0.4 is 0 Å². The Labute approximate surface area is 116 Å². The molecule has 2 unspecified atom stereocenters. The van der Waals surface area contributed by atoms with Crippen molar-refractivity contribution in [3.8, 4) is 0 Å². The van der Waals surface area contributed by atoms with Gasteiger partial charge in [-0.3, -0.25) is 4.74 Å². The summed E-state index contributed by atoms with van der Waals surface area (Å²) in [4.78, 5) is 0. The van der Waals surface area contributed by atoms with E-state index in [1.54, 1.807) is 0 Å². The summed E-state index contributed by atoms with van der Waals surface area (Å²) < 4.78 is 47.3. The lowest BCUT2D eigenvalue weighted by atomic mass is 9.89. The molecule has 112 valence electrons. The van der Waals surface area contributed by atoms with Gasteiger partial charge in [-0.05, 0) is 18.3 Å². The van der Waals surface area contributed by atoms with Gasteiger partial charge in [-0.2, -0.15) is 0 Å². The molecule has 2 saturated carbocycles. The first-order valence-electron chi connectivity index (χ1n) is 6.91. The molecule has 0 bridgehead atoms. The lowest BCUT2D eigenvalue weighted by Crippen LogP contribution is -2.39. The SMILES string of the molecule is FC(F)(F)OC1(OCCCl)CCC(C2CCCC2)C1. The fourth-order valence-electron chi connectivity index (χ4n) is 3.53. The van der Waals surface area contributed by atoms with Crippen LogP contribution in [-0.4, -0.2) is 24.6 Å². The molecule has 0 aromatic heterocycles. The summed E-state index contributed by atoms with van der Waals surface area (Å²) in [6.07, 6.45) is 1.39. The van der Waals surface area contributed by atoms with Crippen molar-refractivity contribution >= 4 is 11.6 Å². The Morgan fingerprint density at radius 2 is 1.79 bits per heavy atom. The van der Waals surface area contributed by atoms with E-state index in [2.05, 4.69) is 4.74 Å². The fourth-order valence-corrected chi connectivity index (χ4v) is 3.61. The maximum atomic E-state index is 12.5. The van der Waals surface area contributed by atoms with Crippen molar-refractivity contribution in [3.05, 3.63) is 0 Å². The van der Waals surface area contributed by atoms with Crippen LogP contribution in [0.15, 0.2) is 0 Å². The van der Waals surface area contributed by atoms with Gasteiger partial charge >= 0.3 is 6.36 Å². The molecule has 0 aromatic carbocycles. The molecule has 2 fully saturated rings. The van der Waals surface area contributed by atoms with Crippen LogP contribution in [0.4, 0.5) is 13.2 Å². The molecule has 0 aromatic rings. The van der Waals surface area contributed by atoms with Crippen molar-refractivity contribution in [2.75, 3.05) is 12.5 Å². The largest absolute Gasteiger partial charge is 0.524 e. The molecule has 2 rings (SSSR count). The molecule has 0 amide bonds. The van der Waals surface area contributed by atoms with Crippen LogP contribution in [0.5, 0.6) is 0 Å². The van der Waals surface area contributed by atoms with E-state index < -0.39 is 12.1 Å². The van der Waals surface area contributed by atoms with Crippen molar-refractivity contribution in [2.24, 2.45) is 11.8 Å². The molecule has 0 spiro atoms. The first-order chi connectivity index (χ1) is 8.94. The van der Waals surface area contributed by atoms with E-state index in [9.17, 15) is 13.2 Å². The third kappa shape index (κ3) is 4.23. The Bertz CT molecular complexity index is 292. The molecule has 0 heterocycles. The average molecular weight is 301 g/mol. The van der Waals surface area contributed by atoms with Crippen molar-refractivity contribution in [1.29, 1.82) is 0 Å². The maximum absolute atomic E-state index is 12.5. The van der Waals surface area contributed by atoms with Gasteiger partial charge in [-0.15, -0.1) is 24.8 Å². The second-order valence-electron chi connectivity index (χ2n) is 5.54. The molecule has 19 heavy (non-hydrogen) atoms. The summed E-state index contributed by atoms with van der Waals surface area (Å²) in [5.74, 6) is -0.490. The highest BCUT2D eigenvalue weighted by Gasteiger charge is 2.50. The van der Waals surface area contributed by atoms with Gasteiger partial charge in [0.25, 0.3) is 0 Å². The molecule has 0 radical (unpaired) electrons. The molecule has 0 aliphatic heterocycles. The highest BCUT2D eigenvalue weighted by atomic mass is 35.5. The highest BCUT2D eigenvalue weighted by Crippen LogP contribution is 2.48. The molecule has 2 nitrogen and oxygen atoms in total. The summed E-state index contributed by atoms with van der Waals surface area (Å²) in [6, 6.07) is 0. The number of hydrogen-bond acceptors (Lipinski definition) is 2. The van der Waals surface area contributed by atoms with Gasteiger partial charge in [0.2, 0.25) is 0 Å². The minimum absolute atomic E-state index is 0.0923. The van der Waals surface area contributed by atoms with Gasteiger partial charge in [0.15, 0.2) is 5.79 Å². The normalized spacial score (nSPS) is 33.2. The second kappa shape index (κ2) is 6.19. The predicted octanol–water partition coefficient (Wildman–Crippen LogP) is 4.46.